The molecule has 0 saturated carbocycles. The average molecular weight is 512 g/mol. The van der Waals surface area contributed by atoms with Gasteiger partial charge in [0.1, 0.15) is 4.90 Å². The van der Waals surface area contributed by atoms with E-state index in [0.717, 1.165) is 9.13 Å². The molecule has 8 nitrogen and oxygen atoms in total. The van der Waals surface area contributed by atoms with Crippen LogP contribution in [0.1, 0.15) is 15.9 Å². The van der Waals surface area contributed by atoms with Crippen LogP contribution in [-0.2, 0) is 21.2 Å². The van der Waals surface area contributed by atoms with Gasteiger partial charge < -0.3 is 16.0 Å². The van der Waals surface area contributed by atoms with E-state index in [9.17, 15) is 18.0 Å². The molecule has 1 heterocycles. The Morgan fingerprint density at radius 3 is 2.64 bits per heavy atom. The molecule has 0 bridgehead atoms. The SMILES string of the molecule is CNC(=O)c1ccccc1CCNC(=O)C1=NS(=O)(=O)c2cc(I)ccc2N1. The van der Waals surface area contributed by atoms with Crippen LogP contribution in [0.2, 0.25) is 0 Å². The minimum absolute atomic E-state index is 0.0375. The van der Waals surface area contributed by atoms with Crippen molar-refractivity contribution < 1.29 is 18.0 Å². The summed E-state index contributed by atoms with van der Waals surface area (Å²) in [7, 11) is -2.40. The predicted octanol–water partition coefficient (Wildman–Crippen LogP) is 1.52. The monoisotopic (exact) mass is 512 g/mol. The van der Waals surface area contributed by atoms with Crippen molar-refractivity contribution in [3.63, 3.8) is 0 Å². The highest BCUT2D eigenvalue weighted by Gasteiger charge is 2.28. The molecule has 0 unspecified atom stereocenters. The maximum absolute atomic E-state index is 12.4. The number of carbonyl (C=O) groups is 2. The highest BCUT2D eigenvalue weighted by Crippen LogP contribution is 2.28. The minimum atomic E-state index is -3.95. The summed E-state index contributed by atoms with van der Waals surface area (Å²) in [4.78, 5) is 24.3. The fraction of sp³-hybridized carbons (Fsp3) is 0.167. The molecule has 0 aromatic heterocycles. The summed E-state index contributed by atoms with van der Waals surface area (Å²) in [5, 5.41) is 7.97. The number of amides is 2. The first-order valence-electron chi connectivity index (χ1n) is 8.31. The highest BCUT2D eigenvalue weighted by atomic mass is 127. The number of hydrogen-bond donors (Lipinski definition) is 3. The number of hydrogen-bond acceptors (Lipinski definition) is 5. The lowest BCUT2D eigenvalue weighted by molar-refractivity contribution is -0.114. The van der Waals surface area contributed by atoms with Gasteiger partial charge >= 0.3 is 0 Å². The van der Waals surface area contributed by atoms with Crippen molar-refractivity contribution in [2.24, 2.45) is 4.40 Å². The molecule has 0 saturated heterocycles. The van der Waals surface area contributed by atoms with Crippen molar-refractivity contribution in [2.75, 3.05) is 18.9 Å². The number of benzene rings is 2. The third-order valence-electron chi connectivity index (χ3n) is 4.07. The van der Waals surface area contributed by atoms with Crippen LogP contribution in [0.15, 0.2) is 51.8 Å². The zero-order valence-corrected chi connectivity index (χ0v) is 17.8. The Labute approximate surface area is 176 Å². The van der Waals surface area contributed by atoms with Gasteiger partial charge in [0.15, 0.2) is 0 Å². The number of halogens is 1. The maximum Gasteiger partial charge on any atom is 0.287 e. The summed E-state index contributed by atoms with van der Waals surface area (Å²) in [6, 6.07) is 11.9. The van der Waals surface area contributed by atoms with E-state index in [-0.39, 0.29) is 23.2 Å². The number of sulfonamides is 1. The fourth-order valence-electron chi connectivity index (χ4n) is 2.72. The quantitative estimate of drug-likeness (QED) is 0.526. The van der Waals surface area contributed by atoms with E-state index in [4.69, 9.17) is 0 Å². The molecule has 0 radical (unpaired) electrons. The summed E-state index contributed by atoms with van der Waals surface area (Å²) in [6.07, 6.45) is 0.407. The molecule has 28 heavy (non-hydrogen) atoms. The average Bonchev–Trinajstić information content (AvgIpc) is 2.67. The van der Waals surface area contributed by atoms with Gasteiger partial charge in [-0.25, -0.2) is 0 Å². The van der Waals surface area contributed by atoms with Crippen LogP contribution in [-0.4, -0.2) is 39.7 Å². The standard InChI is InChI=1S/C18H17IN4O4S/c1-20-17(24)13-5-3-2-4-11(13)8-9-21-18(25)16-22-14-7-6-12(19)10-15(14)28(26,27)23-16/h2-7,10H,8-9H2,1H3,(H,20,24)(H,21,25)(H,22,23). The Morgan fingerprint density at radius 2 is 1.89 bits per heavy atom. The zero-order chi connectivity index (χ0) is 20.3. The molecule has 1 aliphatic heterocycles. The van der Waals surface area contributed by atoms with E-state index in [0.29, 0.717) is 17.7 Å². The number of carbonyl (C=O) groups excluding carboxylic acids is 2. The lowest BCUT2D eigenvalue weighted by atomic mass is 10.0. The third kappa shape index (κ3) is 4.33. The largest absolute Gasteiger partial charge is 0.355 e. The molecule has 146 valence electrons. The molecule has 0 fully saturated rings. The second-order valence-corrected chi connectivity index (χ2v) is 8.74. The molecule has 3 N–H and O–H groups in total. The van der Waals surface area contributed by atoms with Crippen molar-refractivity contribution in [3.05, 3.63) is 57.2 Å². The Bertz CT molecular complexity index is 1080. The van der Waals surface area contributed by atoms with Crippen molar-refractivity contribution in [2.45, 2.75) is 11.3 Å². The van der Waals surface area contributed by atoms with Gasteiger partial charge in [0.2, 0.25) is 5.84 Å². The second kappa shape index (κ2) is 8.27. The minimum Gasteiger partial charge on any atom is -0.355 e. The van der Waals surface area contributed by atoms with Gasteiger partial charge in [-0.1, -0.05) is 18.2 Å². The van der Waals surface area contributed by atoms with Gasteiger partial charge in [-0.2, -0.15) is 8.42 Å². The number of nitrogens with zero attached hydrogens (tertiary/aromatic N) is 1. The fourth-order valence-corrected chi connectivity index (χ4v) is 4.56. The lowest BCUT2D eigenvalue weighted by Gasteiger charge is -2.18. The summed E-state index contributed by atoms with van der Waals surface area (Å²) >= 11 is 2.01. The topological polar surface area (TPSA) is 117 Å². The van der Waals surface area contributed by atoms with Crippen molar-refractivity contribution in [1.82, 2.24) is 10.6 Å². The van der Waals surface area contributed by atoms with Crippen LogP contribution < -0.4 is 16.0 Å². The molecule has 2 amide bonds. The first kappa shape index (κ1) is 20.3. The summed E-state index contributed by atoms with van der Waals surface area (Å²) < 4.78 is 29.0. The molecule has 0 aliphatic carbocycles. The van der Waals surface area contributed by atoms with E-state index >= 15 is 0 Å². The highest BCUT2D eigenvalue weighted by molar-refractivity contribution is 14.1. The maximum atomic E-state index is 12.4. The van der Waals surface area contributed by atoms with Gasteiger partial charge in [-0.3, -0.25) is 9.59 Å². The van der Waals surface area contributed by atoms with Crippen LogP contribution >= 0.6 is 22.6 Å². The molecule has 2 aromatic rings. The van der Waals surface area contributed by atoms with Gasteiger partial charge in [0.05, 0.1) is 5.69 Å². The molecule has 1 aliphatic rings. The molecule has 3 rings (SSSR count). The smallest absolute Gasteiger partial charge is 0.287 e. The Hall–Kier alpha value is -2.47. The first-order chi connectivity index (χ1) is 13.3. The number of fused-ring (bicyclic) bond motifs is 1. The summed E-state index contributed by atoms with van der Waals surface area (Å²) in [5.74, 6) is -1.13. The normalized spacial score (nSPS) is 14.3. The Balaban J connectivity index is 1.70. The van der Waals surface area contributed by atoms with E-state index in [1.165, 1.54) is 6.07 Å². The van der Waals surface area contributed by atoms with E-state index in [1.807, 2.05) is 22.6 Å². The van der Waals surface area contributed by atoms with Gasteiger partial charge in [-0.15, -0.1) is 4.40 Å². The zero-order valence-electron chi connectivity index (χ0n) is 14.8. The van der Waals surface area contributed by atoms with Crippen molar-refractivity contribution in [1.29, 1.82) is 0 Å². The van der Waals surface area contributed by atoms with Gasteiger partial charge in [0, 0.05) is 22.7 Å². The first-order valence-corrected chi connectivity index (χ1v) is 10.8. The van der Waals surface area contributed by atoms with Crippen LogP contribution in [0.5, 0.6) is 0 Å². The van der Waals surface area contributed by atoms with Crippen LogP contribution in [0.3, 0.4) is 0 Å². The predicted molar refractivity (Wildman–Crippen MR) is 114 cm³/mol. The molecule has 2 aromatic carbocycles. The molecular weight excluding hydrogens is 495 g/mol. The Kier molecular flexibility index (Phi) is 5.98. The number of nitrogens with one attached hydrogen (secondary N) is 3. The van der Waals surface area contributed by atoms with E-state index in [2.05, 4.69) is 20.3 Å². The molecular formula is C18H17IN4O4S. The number of amidine groups is 1. The summed E-state index contributed by atoms with van der Waals surface area (Å²) in [5.41, 5.74) is 1.61. The van der Waals surface area contributed by atoms with Crippen LogP contribution in [0.25, 0.3) is 0 Å². The molecule has 0 spiro atoms. The third-order valence-corrected chi connectivity index (χ3v) is 6.06. The van der Waals surface area contributed by atoms with Gasteiger partial charge in [-0.05, 0) is 58.8 Å². The molecule has 10 heteroatoms. The van der Waals surface area contributed by atoms with Gasteiger partial charge in [0.25, 0.3) is 21.8 Å². The second-order valence-electron chi connectivity index (χ2n) is 5.92. The van der Waals surface area contributed by atoms with Crippen LogP contribution in [0.4, 0.5) is 5.69 Å². The summed E-state index contributed by atoms with van der Waals surface area (Å²) in [6.45, 7) is 0.215. The molecule has 0 atom stereocenters. The van der Waals surface area contributed by atoms with E-state index in [1.54, 1.807) is 43.4 Å². The Morgan fingerprint density at radius 1 is 1.14 bits per heavy atom. The van der Waals surface area contributed by atoms with Crippen molar-refractivity contribution >= 4 is 56.0 Å². The van der Waals surface area contributed by atoms with Crippen LogP contribution in [0, 0.1) is 3.57 Å². The van der Waals surface area contributed by atoms with Crippen molar-refractivity contribution in [3.8, 4) is 0 Å². The van der Waals surface area contributed by atoms with E-state index < -0.39 is 15.9 Å². The lowest BCUT2D eigenvalue weighted by Crippen LogP contribution is -2.39. The number of rotatable bonds is 5. The number of anilines is 1.